The highest BCUT2D eigenvalue weighted by Crippen LogP contribution is 2.27. The molecule has 3 aromatic rings. The highest BCUT2D eigenvalue weighted by atomic mass is 32.2. The van der Waals surface area contributed by atoms with Gasteiger partial charge in [-0.15, -0.1) is 11.3 Å². The third kappa shape index (κ3) is 5.45. The molecule has 0 spiro atoms. The van der Waals surface area contributed by atoms with Gasteiger partial charge in [-0.25, -0.2) is 13.1 Å². The van der Waals surface area contributed by atoms with Gasteiger partial charge in [-0.2, -0.15) is 5.10 Å². The van der Waals surface area contributed by atoms with Crippen molar-refractivity contribution in [3.8, 4) is 10.6 Å². The van der Waals surface area contributed by atoms with E-state index in [4.69, 9.17) is 5.73 Å². The topological polar surface area (TPSA) is 107 Å². The monoisotopic (exact) mass is 432 g/mol. The third-order valence-corrected chi connectivity index (χ3v) is 6.68. The SMILES string of the molecule is CCCCc1ccc(S(=O)(=O)Nc2cc(-c3cccs3)nn2CCC(N)=O)cc1. The Morgan fingerprint density at radius 2 is 2.00 bits per heavy atom. The summed E-state index contributed by atoms with van der Waals surface area (Å²) in [5.41, 5.74) is 6.99. The van der Waals surface area contributed by atoms with Crippen LogP contribution in [0.5, 0.6) is 0 Å². The number of primary amides is 1. The molecular formula is C20H24N4O3S2. The van der Waals surface area contributed by atoms with Crippen molar-refractivity contribution in [3.63, 3.8) is 0 Å². The standard InChI is InChI=1S/C20H24N4O3S2/c1-2-3-5-15-7-9-16(10-8-15)29(26,27)23-20-14-17(18-6-4-13-28-18)22-24(20)12-11-19(21)25/h4,6-10,13-14,23H,2-3,5,11-12H2,1H3,(H2,21,25). The van der Waals surface area contributed by atoms with Crippen LogP contribution in [0.15, 0.2) is 52.7 Å². The fourth-order valence-corrected chi connectivity index (χ4v) is 4.58. The van der Waals surface area contributed by atoms with Crippen LogP contribution in [0.3, 0.4) is 0 Å². The number of unbranched alkanes of at least 4 members (excludes halogenated alkanes) is 1. The zero-order valence-corrected chi connectivity index (χ0v) is 17.8. The number of carbonyl (C=O) groups excluding carboxylic acids is 1. The fourth-order valence-electron chi connectivity index (χ4n) is 2.84. The summed E-state index contributed by atoms with van der Waals surface area (Å²) in [6.45, 7) is 2.31. The summed E-state index contributed by atoms with van der Waals surface area (Å²) in [5, 5.41) is 6.36. The second-order valence-electron chi connectivity index (χ2n) is 6.68. The van der Waals surface area contributed by atoms with Gasteiger partial charge in [0.25, 0.3) is 10.0 Å². The molecule has 29 heavy (non-hydrogen) atoms. The molecule has 0 unspecified atom stereocenters. The molecule has 3 N–H and O–H groups in total. The first-order valence-corrected chi connectivity index (χ1v) is 11.8. The second-order valence-corrected chi connectivity index (χ2v) is 9.31. The zero-order chi connectivity index (χ0) is 20.9. The van der Waals surface area contributed by atoms with Crippen LogP contribution in [-0.4, -0.2) is 24.1 Å². The van der Waals surface area contributed by atoms with Crippen molar-refractivity contribution in [2.45, 2.75) is 44.0 Å². The number of aromatic nitrogens is 2. The second kappa shape index (κ2) is 9.23. The molecule has 0 aliphatic carbocycles. The van der Waals surface area contributed by atoms with E-state index in [0.717, 1.165) is 29.7 Å². The molecular weight excluding hydrogens is 408 g/mol. The summed E-state index contributed by atoms with van der Waals surface area (Å²) < 4.78 is 29.8. The van der Waals surface area contributed by atoms with Crippen molar-refractivity contribution in [1.29, 1.82) is 0 Å². The first kappa shape index (κ1) is 21.1. The van der Waals surface area contributed by atoms with Crippen LogP contribution >= 0.6 is 11.3 Å². The highest BCUT2D eigenvalue weighted by Gasteiger charge is 2.19. The number of hydrogen-bond acceptors (Lipinski definition) is 5. The minimum Gasteiger partial charge on any atom is -0.370 e. The molecule has 0 atom stereocenters. The van der Waals surface area contributed by atoms with E-state index in [2.05, 4.69) is 16.7 Å². The van der Waals surface area contributed by atoms with E-state index >= 15 is 0 Å². The van der Waals surface area contributed by atoms with E-state index in [9.17, 15) is 13.2 Å². The Morgan fingerprint density at radius 3 is 2.62 bits per heavy atom. The summed E-state index contributed by atoms with van der Waals surface area (Å²) in [4.78, 5) is 12.3. The first-order valence-electron chi connectivity index (χ1n) is 9.41. The number of nitrogens with zero attached hydrogens (tertiary/aromatic N) is 2. The molecule has 2 aromatic heterocycles. The quantitative estimate of drug-likeness (QED) is 0.510. The molecule has 3 rings (SSSR count). The molecule has 0 saturated heterocycles. The molecule has 2 heterocycles. The molecule has 1 amide bonds. The number of nitrogens with one attached hydrogen (secondary N) is 1. The molecule has 1 aromatic carbocycles. The van der Waals surface area contributed by atoms with Crippen molar-refractivity contribution >= 4 is 33.1 Å². The molecule has 0 aliphatic heterocycles. The number of sulfonamides is 1. The van der Waals surface area contributed by atoms with Crippen LogP contribution in [0.2, 0.25) is 0 Å². The average molecular weight is 433 g/mol. The predicted octanol–water partition coefficient (Wildman–Crippen LogP) is 3.63. The number of hydrogen-bond donors (Lipinski definition) is 2. The highest BCUT2D eigenvalue weighted by molar-refractivity contribution is 7.92. The largest absolute Gasteiger partial charge is 0.370 e. The van der Waals surface area contributed by atoms with Crippen molar-refractivity contribution in [3.05, 3.63) is 53.4 Å². The lowest BCUT2D eigenvalue weighted by Gasteiger charge is -2.10. The van der Waals surface area contributed by atoms with Gasteiger partial charge in [-0.3, -0.25) is 9.52 Å². The number of nitrogens with two attached hydrogens (primary N) is 1. The summed E-state index contributed by atoms with van der Waals surface area (Å²) in [5.74, 6) is -0.181. The van der Waals surface area contributed by atoms with Gasteiger partial charge in [-0.1, -0.05) is 31.5 Å². The Kier molecular flexibility index (Phi) is 6.71. The molecule has 0 radical (unpaired) electrons. The number of thiophene rings is 1. The van der Waals surface area contributed by atoms with E-state index in [0.29, 0.717) is 11.5 Å². The van der Waals surface area contributed by atoms with Gasteiger partial charge in [0.05, 0.1) is 16.3 Å². The number of anilines is 1. The maximum absolute atomic E-state index is 12.9. The van der Waals surface area contributed by atoms with Crippen LogP contribution in [0.4, 0.5) is 5.82 Å². The van der Waals surface area contributed by atoms with E-state index < -0.39 is 15.9 Å². The Bertz CT molecular complexity index is 1060. The summed E-state index contributed by atoms with van der Waals surface area (Å²) in [7, 11) is -3.79. The lowest BCUT2D eigenvalue weighted by molar-refractivity contribution is -0.118. The Labute approximate surface area is 174 Å². The van der Waals surface area contributed by atoms with E-state index in [1.165, 1.54) is 16.0 Å². The predicted molar refractivity (Wildman–Crippen MR) is 115 cm³/mol. The first-order chi connectivity index (χ1) is 13.9. The molecule has 0 aliphatic rings. The van der Waals surface area contributed by atoms with Crippen molar-refractivity contribution in [1.82, 2.24) is 9.78 Å². The number of carbonyl (C=O) groups is 1. The smallest absolute Gasteiger partial charge is 0.263 e. The maximum atomic E-state index is 12.9. The Morgan fingerprint density at radius 1 is 1.24 bits per heavy atom. The zero-order valence-electron chi connectivity index (χ0n) is 16.2. The molecule has 9 heteroatoms. The van der Waals surface area contributed by atoms with E-state index in [1.54, 1.807) is 18.2 Å². The van der Waals surface area contributed by atoms with Gasteiger partial charge in [-0.05, 0) is 42.0 Å². The molecule has 0 bridgehead atoms. The minimum atomic E-state index is -3.79. The van der Waals surface area contributed by atoms with E-state index in [1.807, 2.05) is 29.6 Å². The number of rotatable bonds is 10. The van der Waals surface area contributed by atoms with Crippen molar-refractivity contribution < 1.29 is 13.2 Å². The van der Waals surface area contributed by atoms with E-state index in [-0.39, 0.29) is 17.9 Å². The van der Waals surface area contributed by atoms with Gasteiger partial charge in [0, 0.05) is 12.5 Å². The van der Waals surface area contributed by atoms with Gasteiger partial charge >= 0.3 is 0 Å². The van der Waals surface area contributed by atoms with Crippen molar-refractivity contribution in [2.24, 2.45) is 5.73 Å². The van der Waals surface area contributed by atoms with Gasteiger partial charge < -0.3 is 5.73 Å². The molecule has 0 fully saturated rings. The number of amides is 1. The van der Waals surface area contributed by atoms with Crippen LogP contribution in [0.25, 0.3) is 10.6 Å². The molecule has 7 nitrogen and oxygen atoms in total. The van der Waals surface area contributed by atoms with Gasteiger partial charge in [0.1, 0.15) is 11.5 Å². The minimum absolute atomic E-state index is 0.0619. The molecule has 154 valence electrons. The number of aryl methyl sites for hydroxylation is 2. The summed E-state index contributed by atoms with van der Waals surface area (Å²) >= 11 is 1.50. The average Bonchev–Trinajstić information content (AvgIpc) is 3.34. The lowest BCUT2D eigenvalue weighted by Crippen LogP contribution is -2.19. The Hall–Kier alpha value is -2.65. The van der Waals surface area contributed by atoms with Crippen LogP contribution in [-0.2, 0) is 27.8 Å². The third-order valence-electron chi connectivity index (χ3n) is 4.42. The van der Waals surface area contributed by atoms with Gasteiger partial charge in [0.15, 0.2) is 0 Å². The summed E-state index contributed by atoms with van der Waals surface area (Å²) in [6.07, 6.45) is 3.14. The van der Waals surface area contributed by atoms with Crippen LogP contribution in [0.1, 0.15) is 31.7 Å². The van der Waals surface area contributed by atoms with Crippen molar-refractivity contribution in [2.75, 3.05) is 4.72 Å². The van der Waals surface area contributed by atoms with Crippen LogP contribution in [0, 0.1) is 0 Å². The maximum Gasteiger partial charge on any atom is 0.263 e. The van der Waals surface area contributed by atoms with Gasteiger partial charge in [0.2, 0.25) is 5.91 Å². The lowest BCUT2D eigenvalue weighted by atomic mass is 10.1. The summed E-state index contributed by atoms with van der Waals surface area (Å²) in [6, 6.07) is 12.4. The van der Waals surface area contributed by atoms with Crippen LogP contribution < -0.4 is 10.5 Å². The normalized spacial score (nSPS) is 11.5. The Balaban J connectivity index is 1.85. The fraction of sp³-hybridized carbons (Fsp3) is 0.300. The number of benzene rings is 1. The molecule has 0 saturated carbocycles.